The van der Waals surface area contributed by atoms with Crippen LogP contribution in [-0.2, 0) is 0 Å². The molecule has 0 radical (unpaired) electrons. The zero-order valence-electron chi connectivity index (χ0n) is 10.2. The third-order valence-corrected chi connectivity index (χ3v) is 3.55. The molecular formula is C14H21NO2. The predicted octanol–water partition coefficient (Wildman–Crippen LogP) is 3.32. The van der Waals surface area contributed by atoms with E-state index in [0.717, 1.165) is 12.3 Å². The molecule has 0 saturated heterocycles. The minimum absolute atomic E-state index is 0.0974. The second-order valence-corrected chi connectivity index (χ2v) is 4.83. The van der Waals surface area contributed by atoms with Gasteiger partial charge in [0.05, 0.1) is 6.61 Å². The molecular weight excluding hydrogens is 214 g/mol. The van der Waals surface area contributed by atoms with Gasteiger partial charge in [-0.1, -0.05) is 38.2 Å². The van der Waals surface area contributed by atoms with E-state index in [-0.39, 0.29) is 5.75 Å². The van der Waals surface area contributed by atoms with Crippen LogP contribution >= 0.6 is 0 Å². The summed E-state index contributed by atoms with van der Waals surface area (Å²) in [6.07, 6.45) is 7.86. The van der Waals surface area contributed by atoms with Crippen LogP contribution in [0.5, 0.6) is 11.5 Å². The van der Waals surface area contributed by atoms with Crippen molar-refractivity contribution in [1.29, 1.82) is 0 Å². The number of hydrogen-bond donors (Lipinski definition) is 2. The normalized spacial score (nSPS) is 16.9. The molecule has 3 heteroatoms. The standard InChI is InChI=1S/C14H21NO2/c15-14-12(16)7-4-8-13(14)17-10-9-11-5-2-1-3-6-11/h4,7-8,11,16H,1-3,5-6,9-10,15H2. The quantitative estimate of drug-likeness (QED) is 0.621. The molecule has 0 aliphatic heterocycles. The van der Waals surface area contributed by atoms with Crippen molar-refractivity contribution in [1.82, 2.24) is 0 Å². The zero-order valence-corrected chi connectivity index (χ0v) is 10.2. The van der Waals surface area contributed by atoms with Crippen molar-refractivity contribution in [2.24, 2.45) is 5.92 Å². The molecule has 2 rings (SSSR count). The van der Waals surface area contributed by atoms with E-state index in [0.29, 0.717) is 18.0 Å². The molecule has 1 aromatic carbocycles. The van der Waals surface area contributed by atoms with Crippen LogP contribution in [0.25, 0.3) is 0 Å². The highest BCUT2D eigenvalue weighted by Crippen LogP contribution is 2.31. The maximum atomic E-state index is 9.44. The minimum atomic E-state index is 0.0974. The average Bonchev–Trinajstić information content (AvgIpc) is 2.36. The fraction of sp³-hybridized carbons (Fsp3) is 0.571. The van der Waals surface area contributed by atoms with Gasteiger partial charge in [-0.15, -0.1) is 0 Å². The number of aromatic hydroxyl groups is 1. The monoisotopic (exact) mass is 235 g/mol. The number of para-hydroxylation sites is 1. The van der Waals surface area contributed by atoms with Gasteiger partial charge in [-0.2, -0.15) is 0 Å². The first-order chi connectivity index (χ1) is 8.27. The zero-order chi connectivity index (χ0) is 12.1. The highest BCUT2D eigenvalue weighted by atomic mass is 16.5. The van der Waals surface area contributed by atoms with Gasteiger partial charge in [0, 0.05) is 0 Å². The summed E-state index contributed by atoms with van der Waals surface area (Å²) in [5.74, 6) is 1.50. The van der Waals surface area contributed by atoms with Crippen LogP contribution in [0.2, 0.25) is 0 Å². The Balaban J connectivity index is 1.79. The molecule has 3 nitrogen and oxygen atoms in total. The minimum Gasteiger partial charge on any atom is -0.506 e. The lowest BCUT2D eigenvalue weighted by Crippen LogP contribution is -2.11. The first-order valence-corrected chi connectivity index (χ1v) is 6.47. The Morgan fingerprint density at radius 1 is 1.24 bits per heavy atom. The number of anilines is 1. The third-order valence-electron chi connectivity index (χ3n) is 3.55. The first kappa shape index (κ1) is 12.1. The second-order valence-electron chi connectivity index (χ2n) is 4.83. The molecule has 1 fully saturated rings. The van der Waals surface area contributed by atoms with Crippen LogP contribution in [0.4, 0.5) is 5.69 Å². The number of nitrogen functional groups attached to an aromatic ring is 1. The lowest BCUT2D eigenvalue weighted by molar-refractivity contribution is 0.246. The van der Waals surface area contributed by atoms with Gasteiger partial charge in [-0.25, -0.2) is 0 Å². The summed E-state index contributed by atoms with van der Waals surface area (Å²) in [5.41, 5.74) is 6.07. The summed E-state index contributed by atoms with van der Waals surface area (Å²) in [7, 11) is 0. The smallest absolute Gasteiger partial charge is 0.145 e. The highest BCUT2D eigenvalue weighted by molar-refractivity contribution is 5.61. The van der Waals surface area contributed by atoms with E-state index in [9.17, 15) is 5.11 Å². The van der Waals surface area contributed by atoms with Crippen molar-refractivity contribution in [3.63, 3.8) is 0 Å². The molecule has 3 N–H and O–H groups in total. The van der Waals surface area contributed by atoms with E-state index in [4.69, 9.17) is 10.5 Å². The van der Waals surface area contributed by atoms with Gasteiger partial charge in [0.15, 0.2) is 0 Å². The number of phenols is 1. The van der Waals surface area contributed by atoms with E-state index in [1.165, 1.54) is 32.1 Å². The van der Waals surface area contributed by atoms with Crippen molar-refractivity contribution >= 4 is 5.69 Å². The highest BCUT2D eigenvalue weighted by Gasteiger charge is 2.13. The molecule has 1 aromatic rings. The van der Waals surface area contributed by atoms with E-state index in [1.807, 2.05) is 0 Å². The van der Waals surface area contributed by atoms with Crippen molar-refractivity contribution in [2.75, 3.05) is 12.3 Å². The van der Waals surface area contributed by atoms with Gasteiger partial charge < -0.3 is 15.6 Å². The molecule has 0 aromatic heterocycles. The van der Waals surface area contributed by atoms with Gasteiger partial charge in [-0.3, -0.25) is 0 Å². The van der Waals surface area contributed by atoms with Gasteiger partial charge in [-0.05, 0) is 24.5 Å². The molecule has 0 bridgehead atoms. The first-order valence-electron chi connectivity index (χ1n) is 6.47. The van der Waals surface area contributed by atoms with E-state index >= 15 is 0 Å². The van der Waals surface area contributed by atoms with Crippen molar-refractivity contribution < 1.29 is 9.84 Å². The number of ether oxygens (including phenoxy) is 1. The summed E-state index contributed by atoms with van der Waals surface area (Å²) in [4.78, 5) is 0. The van der Waals surface area contributed by atoms with Gasteiger partial charge in [0.25, 0.3) is 0 Å². The molecule has 94 valence electrons. The lowest BCUT2D eigenvalue weighted by Gasteiger charge is -2.21. The Kier molecular flexibility index (Phi) is 4.13. The number of nitrogens with two attached hydrogens (primary N) is 1. The van der Waals surface area contributed by atoms with Crippen molar-refractivity contribution in [3.05, 3.63) is 18.2 Å². The summed E-state index contributed by atoms with van der Waals surface area (Å²) >= 11 is 0. The van der Waals surface area contributed by atoms with Crippen LogP contribution < -0.4 is 10.5 Å². The SMILES string of the molecule is Nc1c(O)cccc1OCCC1CCCCC1. The maximum absolute atomic E-state index is 9.44. The molecule has 1 aliphatic rings. The van der Waals surface area contributed by atoms with Crippen LogP contribution in [0.3, 0.4) is 0 Å². The molecule has 0 spiro atoms. The number of rotatable bonds is 4. The number of phenolic OH excluding ortho intramolecular Hbond substituents is 1. The second kappa shape index (κ2) is 5.80. The van der Waals surface area contributed by atoms with Gasteiger partial charge in [0.1, 0.15) is 17.2 Å². The summed E-state index contributed by atoms with van der Waals surface area (Å²) in [6.45, 7) is 0.693. The Bertz CT molecular complexity index is 359. The average molecular weight is 235 g/mol. The van der Waals surface area contributed by atoms with Crippen molar-refractivity contribution in [2.45, 2.75) is 38.5 Å². The van der Waals surface area contributed by atoms with Crippen molar-refractivity contribution in [3.8, 4) is 11.5 Å². The molecule has 0 unspecified atom stereocenters. The number of benzene rings is 1. The van der Waals surface area contributed by atoms with Crippen LogP contribution in [-0.4, -0.2) is 11.7 Å². The van der Waals surface area contributed by atoms with Crippen LogP contribution in [0, 0.1) is 5.92 Å². The summed E-state index contributed by atoms with van der Waals surface area (Å²) in [5, 5.41) is 9.44. The van der Waals surface area contributed by atoms with Crippen LogP contribution in [0.1, 0.15) is 38.5 Å². The predicted molar refractivity (Wildman–Crippen MR) is 69.2 cm³/mol. The Morgan fingerprint density at radius 2 is 2.00 bits per heavy atom. The maximum Gasteiger partial charge on any atom is 0.145 e. The Labute approximate surface area is 103 Å². The Hall–Kier alpha value is -1.38. The molecule has 0 atom stereocenters. The fourth-order valence-corrected chi connectivity index (χ4v) is 2.47. The number of hydrogen-bond acceptors (Lipinski definition) is 3. The van der Waals surface area contributed by atoms with E-state index in [1.54, 1.807) is 18.2 Å². The molecule has 0 heterocycles. The van der Waals surface area contributed by atoms with Gasteiger partial charge >= 0.3 is 0 Å². The molecule has 17 heavy (non-hydrogen) atoms. The summed E-state index contributed by atoms with van der Waals surface area (Å²) in [6, 6.07) is 5.13. The van der Waals surface area contributed by atoms with E-state index in [2.05, 4.69) is 0 Å². The largest absolute Gasteiger partial charge is 0.506 e. The summed E-state index contributed by atoms with van der Waals surface area (Å²) < 4.78 is 5.64. The molecule has 0 amide bonds. The fourth-order valence-electron chi connectivity index (χ4n) is 2.47. The van der Waals surface area contributed by atoms with Crippen LogP contribution in [0.15, 0.2) is 18.2 Å². The Morgan fingerprint density at radius 3 is 2.76 bits per heavy atom. The molecule has 1 saturated carbocycles. The lowest BCUT2D eigenvalue weighted by atomic mass is 9.87. The topological polar surface area (TPSA) is 55.5 Å². The molecule has 1 aliphatic carbocycles. The third kappa shape index (κ3) is 3.29. The van der Waals surface area contributed by atoms with E-state index < -0.39 is 0 Å². The van der Waals surface area contributed by atoms with Gasteiger partial charge in [0.2, 0.25) is 0 Å².